The van der Waals surface area contributed by atoms with Gasteiger partial charge in [-0.05, 0) is 26.2 Å². The van der Waals surface area contributed by atoms with E-state index in [1.54, 1.807) is 7.11 Å². The molecule has 116 valence electrons. The Balaban J connectivity index is 1.78. The third-order valence-corrected chi connectivity index (χ3v) is 5.32. The minimum atomic E-state index is -0.0496. The van der Waals surface area contributed by atoms with E-state index in [1.807, 2.05) is 17.2 Å². The summed E-state index contributed by atoms with van der Waals surface area (Å²) in [5.41, 5.74) is 0.520. The molecule has 0 bridgehead atoms. The number of hydrogen-bond acceptors (Lipinski definition) is 5. The molecule has 1 aromatic heterocycles. The number of amides is 1. The predicted molar refractivity (Wildman–Crippen MR) is 80.7 cm³/mol. The van der Waals surface area contributed by atoms with Crippen LogP contribution in [0.1, 0.15) is 34.8 Å². The minimum Gasteiger partial charge on any atom is -0.384 e. The summed E-state index contributed by atoms with van der Waals surface area (Å²) < 4.78 is 11.4. The van der Waals surface area contributed by atoms with Crippen molar-refractivity contribution in [2.75, 3.05) is 33.4 Å². The van der Waals surface area contributed by atoms with Crippen molar-refractivity contribution in [1.29, 1.82) is 0 Å². The molecular formula is C15H22N2O3S. The fourth-order valence-electron chi connectivity index (χ4n) is 3.59. The van der Waals surface area contributed by atoms with Crippen LogP contribution in [0.2, 0.25) is 0 Å². The second kappa shape index (κ2) is 6.02. The van der Waals surface area contributed by atoms with E-state index in [2.05, 4.69) is 4.98 Å². The molecule has 2 fully saturated rings. The van der Waals surface area contributed by atoms with Crippen molar-refractivity contribution in [2.45, 2.75) is 32.3 Å². The highest BCUT2D eigenvalue weighted by Crippen LogP contribution is 2.40. The van der Waals surface area contributed by atoms with Gasteiger partial charge in [-0.25, -0.2) is 4.98 Å². The number of hydrogen-bond donors (Lipinski definition) is 0. The number of fused-ring (bicyclic) bond motifs is 1. The molecule has 3 heterocycles. The molecule has 21 heavy (non-hydrogen) atoms. The van der Waals surface area contributed by atoms with E-state index >= 15 is 0 Å². The summed E-state index contributed by atoms with van der Waals surface area (Å²) in [7, 11) is 1.73. The Hall–Kier alpha value is -0.980. The van der Waals surface area contributed by atoms with E-state index in [-0.39, 0.29) is 17.4 Å². The van der Waals surface area contributed by atoms with Gasteiger partial charge in [0.25, 0.3) is 5.91 Å². The smallest absolute Gasteiger partial charge is 0.273 e. The van der Waals surface area contributed by atoms with Crippen LogP contribution >= 0.6 is 11.3 Å². The van der Waals surface area contributed by atoms with Crippen LogP contribution in [0.5, 0.6) is 0 Å². The maximum Gasteiger partial charge on any atom is 0.273 e. The lowest BCUT2D eigenvalue weighted by Gasteiger charge is -2.50. The molecule has 2 unspecified atom stereocenters. The van der Waals surface area contributed by atoms with Crippen molar-refractivity contribution in [1.82, 2.24) is 9.88 Å². The average molecular weight is 310 g/mol. The van der Waals surface area contributed by atoms with Crippen molar-refractivity contribution in [3.05, 3.63) is 16.1 Å². The summed E-state index contributed by atoms with van der Waals surface area (Å²) in [6.45, 7) is 4.86. The van der Waals surface area contributed by atoms with Crippen LogP contribution in [0.25, 0.3) is 0 Å². The maximum absolute atomic E-state index is 12.6. The third kappa shape index (κ3) is 2.84. The van der Waals surface area contributed by atoms with Gasteiger partial charge in [0.2, 0.25) is 0 Å². The Morgan fingerprint density at radius 3 is 3.24 bits per heavy atom. The zero-order chi connectivity index (χ0) is 14.9. The molecule has 0 saturated carbocycles. The average Bonchev–Trinajstić information content (AvgIpc) is 2.92. The third-order valence-electron chi connectivity index (χ3n) is 4.55. The molecule has 0 spiro atoms. The number of aryl methyl sites for hydroxylation is 1. The molecule has 5 nitrogen and oxygen atoms in total. The Kier molecular flexibility index (Phi) is 4.28. The Bertz CT molecular complexity index is 515. The molecule has 2 aliphatic heterocycles. The van der Waals surface area contributed by atoms with Gasteiger partial charge in [0.05, 0.1) is 17.7 Å². The first kappa shape index (κ1) is 14.9. The van der Waals surface area contributed by atoms with E-state index in [1.165, 1.54) is 11.3 Å². The molecule has 2 atom stereocenters. The van der Waals surface area contributed by atoms with Crippen LogP contribution in [-0.4, -0.2) is 55.3 Å². The highest BCUT2D eigenvalue weighted by molar-refractivity contribution is 7.09. The molecule has 6 heteroatoms. The van der Waals surface area contributed by atoms with Gasteiger partial charge >= 0.3 is 0 Å². The second-order valence-electron chi connectivity index (χ2n) is 6.03. The van der Waals surface area contributed by atoms with Gasteiger partial charge < -0.3 is 14.4 Å². The molecule has 3 rings (SSSR count). The first-order chi connectivity index (χ1) is 10.1. The summed E-state index contributed by atoms with van der Waals surface area (Å²) in [5, 5.41) is 2.78. The van der Waals surface area contributed by atoms with Gasteiger partial charge in [-0.2, -0.15) is 0 Å². The van der Waals surface area contributed by atoms with E-state index in [9.17, 15) is 4.79 Å². The molecule has 1 amide bonds. The molecule has 0 aliphatic carbocycles. The van der Waals surface area contributed by atoms with Gasteiger partial charge in [-0.15, -0.1) is 11.3 Å². The lowest BCUT2D eigenvalue weighted by atomic mass is 9.73. The number of ether oxygens (including phenoxy) is 2. The highest BCUT2D eigenvalue weighted by Gasteiger charge is 2.47. The first-order valence-corrected chi connectivity index (χ1v) is 8.34. The van der Waals surface area contributed by atoms with Gasteiger partial charge in [-0.3, -0.25) is 4.79 Å². The van der Waals surface area contributed by atoms with Gasteiger partial charge in [0.15, 0.2) is 0 Å². The fraction of sp³-hybridized carbons (Fsp3) is 0.733. The van der Waals surface area contributed by atoms with Crippen LogP contribution in [0, 0.1) is 12.3 Å². The fourth-order valence-corrected chi connectivity index (χ4v) is 4.17. The number of methoxy groups -OCH3 is 1. The van der Waals surface area contributed by atoms with E-state index in [4.69, 9.17) is 9.47 Å². The number of nitrogens with zero attached hydrogens (tertiary/aromatic N) is 2. The second-order valence-corrected chi connectivity index (χ2v) is 7.09. The summed E-state index contributed by atoms with van der Waals surface area (Å²) in [6.07, 6.45) is 3.20. The standard InChI is InChI=1S/C15H22N2O3S/c1-11-16-12(8-21-11)14(18)17-6-4-13-15(9-17,10-19-2)5-3-7-20-13/h8,13H,3-7,9-10H2,1-2H3. The molecular weight excluding hydrogens is 288 g/mol. The monoisotopic (exact) mass is 310 g/mol. The van der Waals surface area contributed by atoms with Crippen LogP contribution < -0.4 is 0 Å². The van der Waals surface area contributed by atoms with E-state index in [0.717, 1.165) is 37.4 Å². The normalized spacial score (nSPS) is 29.2. The number of piperidine rings is 1. The maximum atomic E-state index is 12.6. The van der Waals surface area contributed by atoms with Gasteiger partial charge in [0.1, 0.15) is 5.69 Å². The largest absolute Gasteiger partial charge is 0.384 e. The Labute approximate surface area is 129 Å². The molecule has 1 aromatic rings. The zero-order valence-corrected chi connectivity index (χ0v) is 13.4. The summed E-state index contributed by atoms with van der Waals surface area (Å²) in [5.74, 6) is 0.0406. The number of thiazole rings is 1. The number of aromatic nitrogens is 1. The Morgan fingerprint density at radius 1 is 1.67 bits per heavy atom. The number of likely N-dealkylation sites (tertiary alicyclic amines) is 1. The summed E-state index contributed by atoms with van der Waals surface area (Å²) >= 11 is 1.52. The van der Waals surface area contributed by atoms with E-state index < -0.39 is 0 Å². The van der Waals surface area contributed by atoms with Crippen LogP contribution in [-0.2, 0) is 9.47 Å². The van der Waals surface area contributed by atoms with Crippen molar-refractivity contribution in [2.24, 2.45) is 5.41 Å². The molecule has 0 aromatic carbocycles. The van der Waals surface area contributed by atoms with Gasteiger partial charge in [0, 0.05) is 37.6 Å². The lowest BCUT2D eigenvalue weighted by molar-refractivity contribution is -0.142. The zero-order valence-electron chi connectivity index (χ0n) is 12.6. The van der Waals surface area contributed by atoms with Crippen molar-refractivity contribution >= 4 is 17.2 Å². The predicted octanol–water partition coefficient (Wildman–Crippen LogP) is 2.11. The van der Waals surface area contributed by atoms with Crippen molar-refractivity contribution in [3.8, 4) is 0 Å². The minimum absolute atomic E-state index is 0.0406. The SMILES string of the molecule is COCC12CCCOC1CCN(C(=O)c1csc(C)n1)C2. The van der Waals surface area contributed by atoms with Crippen LogP contribution in [0.3, 0.4) is 0 Å². The van der Waals surface area contributed by atoms with Crippen LogP contribution in [0.4, 0.5) is 0 Å². The topological polar surface area (TPSA) is 51.7 Å². The number of carbonyl (C=O) groups excluding carboxylic acids is 1. The summed E-state index contributed by atoms with van der Waals surface area (Å²) in [4.78, 5) is 18.9. The van der Waals surface area contributed by atoms with Crippen LogP contribution in [0.15, 0.2) is 5.38 Å². The summed E-state index contributed by atoms with van der Waals surface area (Å²) in [6, 6.07) is 0. The Morgan fingerprint density at radius 2 is 2.52 bits per heavy atom. The number of carbonyl (C=O) groups is 1. The molecule has 0 N–H and O–H groups in total. The van der Waals surface area contributed by atoms with Crippen molar-refractivity contribution < 1.29 is 14.3 Å². The lowest BCUT2D eigenvalue weighted by Crippen LogP contribution is -2.58. The van der Waals surface area contributed by atoms with E-state index in [0.29, 0.717) is 18.8 Å². The first-order valence-electron chi connectivity index (χ1n) is 7.46. The molecule has 0 radical (unpaired) electrons. The van der Waals surface area contributed by atoms with Crippen molar-refractivity contribution in [3.63, 3.8) is 0 Å². The quantitative estimate of drug-likeness (QED) is 0.858. The molecule has 2 aliphatic rings. The number of rotatable bonds is 3. The highest BCUT2D eigenvalue weighted by atomic mass is 32.1. The molecule has 2 saturated heterocycles. The van der Waals surface area contributed by atoms with Gasteiger partial charge in [-0.1, -0.05) is 0 Å².